The first-order valence-corrected chi connectivity index (χ1v) is 15.0. The minimum Gasteiger partial charge on any atom is -0.348 e. The number of hydrogen-bond donors (Lipinski definition) is 2. The number of hydrogen-bond acceptors (Lipinski definition) is 5. The van der Waals surface area contributed by atoms with Crippen LogP contribution in [-0.4, -0.2) is 37.3 Å². The molecule has 4 heterocycles. The van der Waals surface area contributed by atoms with Gasteiger partial charge in [0.15, 0.2) is 0 Å². The van der Waals surface area contributed by atoms with Gasteiger partial charge in [-0.05, 0) is 43.7 Å². The Morgan fingerprint density at radius 1 is 0.829 bits per heavy atom. The van der Waals surface area contributed by atoms with E-state index in [4.69, 9.17) is 5.41 Å². The maximum absolute atomic E-state index is 7.15. The normalized spacial score (nSPS) is 15.1. The summed E-state index contributed by atoms with van der Waals surface area (Å²) in [7, 11) is 1.96. The van der Waals surface area contributed by atoms with Gasteiger partial charge in [-0.15, -0.1) is 10.2 Å². The van der Waals surface area contributed by atoms with E-state index >= 15 is 0 Å². The second kappa shape index (κ2) is 15.7. The zero-order chi connectivity index (χ0) is 30.9. The maximum Gasteiger partial charge on any atom is 0.137 e. The largest absolute Gasteiger partial charge is 0.348 e. The van der Waals surface area contributed by atoms with Crippen LogP contribution < -0.4 is 5.43 Å². The molecule has 7 nitrogen and oxygen atoms in total. The summed E-state index contributed by atoms with van der Waals surface area (Å²) in [6, 6.07) is 4.65. The molecule has 0 amide bonds. The van der Waals surface area contributed by atoms with Gasteiger partial charge in [0.25, 0.3) is 0 Å². The molecule has 2 aliphatic heterocycles. The summed E-state index contributed by atoms with van der Waals surface area (Å²) < 4.78 is 4.49. The minimum absolute atomic E-state index is 0. The van der Waals surface area contributed by atoms with Crippen LogP contribution in [0.3, 0.4) is 0 Å². The highest BCUT2D eigenvalue weighted by molar-refractivity contribution is 5.90. The lowest BCUT2D eigenvalue weighted by Gasteiger charge is -2.22. The highest BCUT2D eigenvalue weighted by atomic mass is 15.3. The number of rotatable bonds is 0. The lowest BCUT2D eigenvalue weighted by atomic mass is 9.89. The zero-order valence-electron chi connectivity index (χ0n) is 28.4. The third-order valence-corrected chi connectivity index (χ3v) is 7.21. The molecule has 0 radical (unpaired) electrons. The van der Waals surface area contributed by atoms with Crippen LogP contribution >= 0.6 is 0 Å². The smallest absolute Gasteiger partial charge is 0.137 e. The van der Waals surface area contributed by atoms with Crippen molar-refractivity contribution in [1.29, 1.82) is 5.41 Å². The van der Waals surface area contributed by atoms with Gasteiger partial charge in [-0.25, -0.2) is 0 Å². The van der Waals surface area contributed by atoms with E-state index in [0.29, 0.717) is 5.41 Å². The van der Waals surface area contributed by atoms with E-state index in [1.54, 1.807) is 12.0 Å². The third kappa shape index (κ3) is 13.4. The Kier molecular flexibility index (Phi) is 14.8. The van der Waals surface area contributed by atoms with Gasteiger partial charge in [0.1, 0.15) is 12.2 Å². The zero-order valence-corrected chi connectivity index (χ0v) is 28.4. The van der Waals surface area contributed by atoms with Gasteiger partial charge in [-0.2, -0.15) is 5.10 Å². The van der Waals surface area contributed by atoms with Crippen LogP contribution in [0.4, 0.5) is 0 Å². The third-order valence-electron chi connectivity index (χ3n) is 7.21. The van der Waals surface area contributed by atoms with Crippen molar-refractivity contribution in [3.05, 3.63) is 35.7 Å². The fraction of sp³-hybridized carbons (Fsp3) is 0.765. The maximum atomic E-state index is 7.15. The van der Waals surface area contributed by atoms with E-state index < -0.39 is 0 Å². The van der Waals surface area contributed by atoms with Crippen molar-refractivity contribution in [2.45, 2.75) is 147 Å². The summed E-state index contributed by atoms with van der Waals surface area (Å²) >= 11 is 0. The SMILES string of the molecule is C.CC(=N)C(C)(C)C.CC(C)(C)C1=NNCC1.CC(C)(C)c1ccc2n1CCCCC2.Cn1cnnc1C(C)(C)C. The number of aryl methyl sites for hydroxylation is 2. The number of nitrogens with zero attached hydrogens (tertiary/aromatic N) is 5. The molecular weight excluding hydrogens is 506 g/mol. The number of fused-ring (bicyclic) bond motifs is 1. The Labute approximate surface area is 253 Å². The van der Waals surface area contributed by atoms with E-state index in [-0.39, 0.29) is 23.7 Å². The highest BCUT2D eigenvalue weighted by Crippen LogP contribution is 2.27. The van der Waals surface area contributed by atoms with E-state index in [1.165, 1.54) is 43.6 Å². The molecule has 2 N–H and O–H groups in total. The van der Waals surface area contributed by atoms with Gasteiger partial charge in [0.2, 0.25) is 0 Å². The first-order chi connectivity index (χ1) is 18.2. The standard InChI is InChI=1S/C13H21N.C7H13N3.C7H14N2.C6H13N.CH4/c1-13(2,3)12-9-8-11-7-5-4-6-10-14(11)12;1-7(2,3)6-9-8-5-10(6)4;1-7(2,3)6-4-5-8-9-6;1-5(7)6(2,3)4;/h8-9H,4-7,10H2,1-3H3;5H,1-4H3;8H,4-5H2,1-3H3;7H,1-4H3;1H4. The molecule has 41 heavy (non-hydrogen) atoms. The average molecular weight is 572 g/mol. The first kappa shape index (κ1) is 38.6. The van der Waals surface area contributed by atoms with Gasteiger partial charge in [-0.3, -0.25) is 0 Å². The monoisotopic (exact) mass is 572 g/mol. The van der Waals surface area contributed by atoms with Gasteiger partial charge in [-0.1, -0.05) is 96.9 Å². The van der Waals surface area contributed by atoms with Crippen molar-refractivity contribution in [2.24, 2.45) is 23.0 Å². The summed E-state index contributed by atoms with van der Waals surface area (Å²) in [5, 5.41) is 19.1. The molecule has 0 aliphatic carbocycles. The Bertz CT molecular complexity index is 1070. The molecule has 4 rings (SSSR count). The molecule has 0 saturated heterocycles. The predicted octanol–water partition coefficient (Wildman–Crippen LogP) is 8.71. The summed E-state index contributed by atoms with van der Waals surface area (Å²) in [5.41, 5.74) is 8.81. The highest BCUT2D eigenvalue weighted by Gasteiger charge is 2.22. The van der Waals surface area contributed by atoms with Crippen LogP contribution in [0.1, 0.15) is 140 Å². The van der Waals surface area contributed by atoms with E-state index in [0.717, 1.165) is 24.5 Å². The van der Waals surface area contributed by atoms with Gasteiger partial charge < -0.3 is 20.0 Å². The average Bonchev–Trinajstić information content (AvgIpc) is 3.52. The van der Waals surface area contributed by atoms with Gasteiger partial charge in [0.05, 0.1) is 0 Å². The van der Waals surface area contributed by atoms with Crippen molar-refractivity contribution in [3.8, 4) is 0 Å². The molecule has 0 bridgehead atoms. The fourth-order valence-electron chi connectivity index (χ4n) is 4.29. The molecule has 0 saturated carbocycles. The fourth-order valence-corrected chi connectivity index (χ4v) is 4.29. The van der Waals surface area contributed by atoms with Crippen molar-refractivity contribution >= 4 is 11.4 Å². The van der Waals surface area contributed by atoms with Crippen LogP contribution in [0.25, 0.3) is 0 Å². The predicted molar refractivity (Wildman–Crippen MR) is 179 cm³/mol. The lowest BCUT2D eigenvalue weighted by molar-refractivity contribution is 0.506. The minimum atomic E-state index is 0. The van der Waals surface area contributed by atoms with Crippen LogP contribution in [0.15, 0.2) is 23.6 Å². The lowest BCUT2D eigenvalue weighted by Crippen LogP contribution is -2.18. The molecule has 7 heteroatoms. The van der Waals surface area contributed by atoms with Crippen LogP contribution in [0, 0.1) is 16.2 Å². The number of hydrazone groups is 1. The van der Waals surface area contributed by atoms with E-state index in [2.05, 4.69) is 99.7 Å². The molecule has 0 unspecified atom stereocenters. The molecule has 2 aromatic heterocycles. The van der Waals surface area contributed by atoms with Crippen LogP contribution in [0.2, 0.25) is 0 Å². The van der Waals surface area contributed by atoms with E-state index in [9.17, 15) is 0 Å². The molecule has 0 atom stereocenters. The Balaban J connectivity index is 0.000000534. The second-order valence-corrected chi connectivity index (χ2v) is 15.3. The van der Waals surface area contributed by atoms with Gasteiger partial charge in [0, 0.05) is 65.6 Å². The molecule has 0 fully saturated rings. The van der Waals surface area contributed by atoms with Gasteiger partial charge >= 0.3 is 0 Å². The van der Waals surface area contributed by atoms with Crippen molar-refractivity contribution in [2.75, 3.05) is 6.54 Å². The topological polar surface area (TPSA) is 83.9 Å². The number of aromatic nitrogens is 4. The second-order valence-electron chi connectivity index (χ2n) is 15.3. The van der Waals surface area contributed by atoms with Crippen molar-refractivity contribution < 1.29 is 0 Å². The molecule has 0 spiro atoms. The Morgan fingerprint density at radius 3 is 1.76 bits per heavy atom. The van der Waals surface area contributed by atoms with Crippen molar-refractivity contribution in [1.82, 2.24) is 24.8 Å². The van der Waals surface area contributed by atoms with Crippen LogP contribution in [0.5, 0.6) is 0 Å². The molecule has 2 aliphatic rings. The molecular formula is C34H65N7. The Morgan fingerprint density at radius 2 is 1.41 bits per heavy atom. The quantitative estimate of drug-likeness (QED) is 0.310. The molecule has 236 valence electrons. The summed E-state index contributed by atoms with van der Waals surface area (Å²) in [4.78, 5) is 0. The number of nitrogens with one attached hydrogen (secondary N) is 2. The van der Waals surface area contributed by atoms with E-state index in [1.807, 2.05) is 39.3 Å². The summed E-state index contributed by atoms with van der Waals surface area (Å²) in [6.07, 6.45) is 8.23. The Hall–Kier alpha value is -2.44. The molecule has 2 aromatic rings. The van der Waals surface area contributed by atoms with Crippen LogP contribution in [-0.2, 0) is 30.8 Å². The first-order valence-electron chi connectivity index (χ1n) is 15.0. The summed E-state index contributed by atoms with van der Waals surface area (Å²) in [6.45, 7) is 30.1. The van der Waals surface area contributed by atoms with Crippen molar-refractivity contribution in [3.63, 3.8) is 0 Å². The summed E-state index contributed by atoms with van der Waals surface area (Å²) in [5.74, 6) is 1.02. The molecule has 0 aromatic carbocycles.